The first-order chi connectivity index (χ1) is 7.34. The highest BCUT2D eigenvalue weighted by Crippen LogP contribution is 2.12. The molecule has 0 bridgehead atoms. The van der Waals surface area contributed by atoms with E-state index in [0.29, 0.717) is 0 Å². The average molecular weight is 229 g/mol. The Morgan fingerprint density at radius 2 is 2.20 bits per heavy atom. The van der Waals surface area contributed by atoms with Gasteiger partial charge in [0.05, 0.1) is 13.2 Å². The minimum absolute atomic E-state index is 0.0903. The van der Waals surface area contributed by atoms with Crippen molar-refractivity contribution in [3.8, 4) is 0 Å². The van der Waals surface area contributed by atoms with E-state index in [1.807, 2.05) is 6.07 Å². The summed E-state index contributed by atoms with van der Waals surface area (Å²) in [5.41, 5.74) is 0.924. The lowest BCUT2D eigenvalue weighted by atomic mass is 10.2. The highest BCUT2D eigenvalue weighted by atomic mass is 35.5. The second-order valence-electron chi connectivity index (χ2n) is 3.38. The average Bonchev–Trinajstić information content (AvgIpc) is 2.28. The summed E-state index contributed by atoms with van der Waals surface area (Å²) < 4.78 is 10.9. The van der Waals surface area contributed by atoms with E-state index in [4.69, 9.17) is 21.1 Å². The van der Waals surface area contributed by atoms with Crippen LogP contribution in [-0.2, 0) is 15.9 Å². The van der Waals surface area contributed by atoms with E-state index in [2.05, 4.69) is 9.97 Å². The molecule has 2 rings (SSSR count). The quantitative estimate of drug-likeness (QED) is 0.741. The number of rotatable bonds is 3. The summed E-state index contributed by atoms with van der Waals surface area (Å²) in [6, 6.07) is 1.86. The first kappa shape index (κ1) is 10.8. The Labute approximate surface area is 93.6 Å². The Balaban J connectivity index is 1.81. The maximum absolute atomic E-state index is 5.68. The third-order valence-electron chi connectivity index (χ3n) is 2.22. The third kappa shape index (κ3) is 3.41. The first-order valence-electron chi connectivity index (χ1n) is 5.05. The van der Waals surface area contributed by atoms with Crippen LogP contribution in [0.25, 0.3) is 0 Å². The highest BCUT2D eigenvalue weighted by Gasteiger charge is 2.14. The molecule has 0 atom stereocenters. The molecule has 2 heterocycles. The van der Waals surface area contributed by atoms with Gasteiger partial charge in [-0.2, -0.15) is 0 Å². The van der Waals surface area contributed by atoms with Gasteiger partial charge >= 0.3 is 0 Å². The summed E-state index contributed by atoms with van der Waals surface area (Å²) >= 11 is 5.68. The van der Waals surface area contributed by atoms with Gasteiger partial charge in [0.15, 0.2) is 6.29 Å². The Hall–Kier alpha value is -0.710. The topological polar surface area (TPSA) is 44.2 Å². The molecule has 0 aliphatic carbocycles. The number of nitrogens with zero attached hydrogens (tertiary/aromatic N) is 2. The van der Waals surface area contributed by atoms with E-state index in [9.17, 15) is 0 Å². The van der Waals surface area contributed by atoms with Crippen LogP contribution in [-0.4, -0.2) is 29.5 Å². The molecular formula is C10H13ClN2O2. The molecule has 0 aromatic carbocycles. The predicted molar refractivity (Wildman–Crippen MR) is 55.7 cm³/mol. The first-order valence-corrected chi connectivity index (χ1v) is 5.43. The summed E-state index contributed by atoms with van der Waals surface area (Å²) in [4.78, 5) is 7.93. The molecule has 0 amide bonds. The van der Waals surface area contributed by atoms with Gasteiger partial charge in [0, 0.05) is 18.3 Å². The minimum atomic E-state index is -0.0903. The fraction of sp³-hybridized carbons (Fsp3) is 0.600. The summed E-state index contributed by atoms with van der Waals surface area (Å²) in [5.74, 6) is 0. The van der Waals surface area contributed by atoms with Crippen molar-refractivity contribution in [2.45, 2.75) is 25.6 Å². The number of aromatic nitrogens is 2. The van der Waals surface area contributed by atoms with Crippen LogP contribution >= 0.6 is 11.6 Å². The van der Waals surface area contributed by atoms with Crippen molar-refractivity contribution < 1.29 is 9.47 Å². The maximum Gasteiger partial charge on any atom is 0.222 e. The van der Waals surface area contributed by atoms with Crippen LogP contribution in [0.1, 0.15) is 18.5 Å². The van der Waals surface area contributed by atoms with Crippen molar-refractivity contribution in [1.82, 2.24) is 9.97 Å². The Kier molecular flexibility index (Phi) is 3.88. The van der Waals surface area contributed by atoms with E-state index in [1.165, 1.54) is 0 Å². The number of halogens is 1. The van der Waals surface area contributed by atoms with Crippen molar-refractivity contribution >= 4 is 11.6 Å². The van der Waals surface area contributed by atoms with Gasteiger partial charge in [-0.1, -0.05) is 0 Å². The van der Waals surface area contributed by atoms with Crippen LogP contribution in [0, 0.1) is 0 Å². The summed E-state index contributed by atoms with van der Waals surface area (Å²) in [6.45, 7) is 1.57. The molecule has 0 N–H and O–H groups in total. The normalized spacial score (nSPS) is 17.9. The standard InChI is InChI=1S/C10H13ClN2O2/c11-10-12-5-4-8(13-10)2-3-9-14-6-1-7-15-9/h4-5,9H,1-3,6-7H2. The van der Waals surface area contributed by atoms with E-state index >= 15 is 0 Å². The van der Waals surface area contributed by atoms with Gasteiger partial charge < -0.3 is 9.47 Å². The predicted octanol–water partition coefficient (Wildman–Crippen LogP) is 1.83. The highest BCUT2D eigenvalue weighted by molar-refractivity contribution is 6.28. The van der Waals surface area contributed by atoms with Crippen LogP contribution in [0.15, 0.2) is 12.3 Å². The number of ether oxygens (including phenoxy) is 2. The fourth-order valence-corrected chi connectivity index (χ4v) is 1.64. The lowest BCUT2D eigenvalue weighted by Crippen LogP contribution is -2.25. The van der Waals surface area contributed by atoms with Gasteiger partial charge in [0.25, 0.3) is 0 Å². The van der Waals surface area contributed by atoms with Gasteiger partial charge in [0.1, 0.15) is 0 Å². The molecular weight excluding hydrogens is 216 g/mol. The molecule has 1 fully saturated rings. The van der Waals surface area contributed by atoms with Gasteiger partial charge in [0.2, 0.25) is 5.28 Å². The van der Waals surface area contributed by atoms with Crippen molar-refractivity contribution in [1.29, 1.82) is 0 Å². The molecule has 1 aliphatic heterocycles. The zero-order valence-electron chi connectivity index (χ0n) is 8.36. The third-order valence-corrected chi connectivity index (χ3v) is 2.40. The monoisotopic (exact) mass is 228 g/mol. The van der Waals surface area contributed by atoms with Crippen LogP contribution in [0.5, 0.6) is 0 Å². The van der Waals surface area contributed by atoms with E-state index in [1.54, 1.807) is 6.20 Å². The van der Waals surface area contributed by atoms with E-state index in [-0.39, 0.29) is 11.6 Å². The van der Waals surface area contributed by atoms with Gasteiger partial charge in [-0.25, -0.2) is 9.97 Å². The van der Waals surface area contributed by atoms with Crippen LogP contribution < -0.4 is 0 Å². The van der Waals surface area contributed by atoms with Crippen LogP contribution in [0.4, 0.5) is 0 Å². The minimum Gasteiger partial charge on any atom is -0.353 e. The molecule has 15 heavy (non-hydrogen) atoms. The Morgan fingerprint density at radius 1 is 1.40 bits per heavy atom. The zero-order valence-corrected chi connectivity index (χ0v) is 9.11. The molecule has 1 aliphatic rings. The second kappa shape index (κ2) is 5.39. The SMILES string of the molecule is Clc1nccc(CCC2OCCCO2)n1. The van der Waals surface area contributed by atoms with Crippen molar-refractivity contribution in [3.05, 3.63) is 23.2 Å². The lowest BCUT2D eigenvalue weighted by Gasteiger charge is -2.22. The zero-order chi connectivity index (χ0) is 10.5. The van der Waals surface area contributed by atoms with Gasteiger partial charge in [-0.3, -0.25) is 0 Å². The molecule has 0 saturated carbocycles. The van der Waals surface area contributed by atoms with Crippen molar-refractivity contribution in [2.24, 2.45) is 0 Å². The number of hydrogen-bond donors (Lipinski definition) is 0. The van der Waals surface area contributed by atoms with E-state index in [0.717, 1.165) is 38.2 Å². The lowest BCUT2D eigenvalue weighted by molar-refractivity contribution is -0.180. The molecule has 0 radical (unpaired) electrons. The van der Waals surface area contributed by atoms with Crippen LogP contribution in [0.2, 0.25) is 5.28 Å². The van der Waals surface area contributed by atoms with Gasteiger partial charge in [-0.05, 0) is 30.5 Å². The molecule has 0 unspecified atom stereocenters. The van der Waals surface area contributed by atoms with Crippen molar-refractivity contribution in [2.75, 3.05) is 13.2 Å². The molecule has 5 heteroatoms. The van der Waals surface area contributed by atoms with E-state index < -0.39 is 0 Å². The van der Waals surface area contributed by atoms with Crippen molar-refractivity contribution in [3.63, 3.8) is 0 Å². The second-order valence-corrected chi connectivity index (χ2v) is 3.72. The maximum atomic E-state index is 5.68. The summed E-state index contributed by atoms with van der Waals surface area (Å²) in [6.07, 6.45) is 4.16. The Bertz CT molecular complexity index is 316. The Morgan fingerprint density at radius 3 is 2.93 bits per heavy atom. The molecule has 4 nitrogen and oxygen atoms in total. The fourth-order valence-electron chi connectivity index (χ4n) is 1.48. The molecule has 0 spiro atoms. The summed E-state index contributed by atoms with van der Waals surface area (Å²) in [5, 5.41) is 0.290. The molecule has 1 saturated heterocycles. The molecule has 1 aromatic heterocycles. The largest absolute Gasteiger partial charge is 0.353 e. The number of aryl methyl sites for hydroxylation is 1. The number of hydrogen-bond acceptors (Lipinski definition) is 4. The summed E-state index contributed by atoms with van der Waals surface area (Å²) in [7, 11) is 0. The smallest absolute Gasteiger partial charge is 0.222 e. The van der Waals surface area contributed by atoms with Gasteiger partial charge in [-0.15, -0.1) is 0 Å². The molecule has 82 valence electrons. The molecule has 1 aromatic rings. The van der Waals surface area contributed by atoms with Crippen LogP contribution in [0.3, 0.4) is 0 Å².